The van der Waals surface area contributed by atoms with E-state index in [1.165, 1.54) is 6.42 Å². The van der Waals surface area contributed by atoms with E-state index in [0.717, 1.165) is 25.7 Å². The van der Waals surface area contributed by atoms with Crippen LogP contribution in [0, 0.1) is 0 Å². The number of rotatable bonds is 3. The zero-order valence-corrected chi connectivity index (χ0v) is 10.4. The van der Waals surface area contributed by atoms with Crippen molar-refractivity contribution in [2.24, 2.45) is 0 Å². The number of hydrogen-bond acceptors (Lipinski definition) is 4. The first-order valence-corrected chi connectivity index (χ1v) is 6.26. The van der Waals surface area contributed by atoms with Crippen LogP contribution in [0.2, 0.25) is 0 Å². The third-order valence-electron chi connectivity index (χ3n) is 3.28. The molecule has 1 unspecified atom stereocenters. The van der Waals surface area contributed by atoms with Crippen molar-refractivity contribution in [3.63, 3.8) is 0 Å². The summed E-state index contributed by atoms with van der Waals surface area (Å²) in [5.74, 6) is -0.753. The predicted molar refractivity (Wildman–Crippen MR) is 62.4 cm³/mol. The SMILES string of the molecule is C=C(C)C(=O)OCC1COC2(CCCCC2)O1. The summed E-state index contributed by atoms with van der Waals surface area (Å²) in [4.78, 5) is 11.2. The van der Waals surface area contributed by atoms with Crippen molar-refractivity contribution in [3.05, 3.63) is 12.2 Å². The monoisotopic (exact) mass is 240 g/mol. The Hall–Kier alpha value is -0.870. The lowest BCUT2D eigenvalue weighted by Crippen LogP contribution is -2.34. The van der Waals surface area contributed by atoms with Crippen LogP contribution in [0.1, 0.15) is 39.0 Å². The Morgan fingerprint density at radius 2 is 2.12 bits per heavy atom. The summed E-state index contributed by atoms with van der Waals surface area (Å²) in [6, 6.07) is 0. The maximum absolute atomic E-state index is 11.2. The fourth-order valence-corrected chi connectivity index (χ4v) is 2.34. The van der Waals surface area contributed by atoms with Gasteiger partial charge in [0.15, 0.2) is 5.79 Å². The standard InChI is InChI=1S/C13H20O4/c1-10(2)12(14)15-8-11-9-16-13(17-11)6-4-3-5-7-13/h11H,1,3-9H2,2H3. The highest BCUT2D eigenvalue weighted by Crippen LogP contribution is 2.37. The van der Waals surface area contributed by atoms with Crippen LogP contribution in [-0.4, -0.2) is 31.1 Å². The molecule has 0 aromatic carbocycles. The van der Waals surface area contributed by atoms with E-state index in [2.05, 4.69) is 6.58 Å². The molecule has 96 valence electrons. The smallest absolute Gasteiger partial charge is 0.333 e. The van der Waals surface area contributed by atoms with E-state index in [1.807, 2.05) is 0 Å². The van der Waals surface area contributed by atoms with Crippen LogP contribution in [0.4, 0.5) is 0 Å². The topological polar surface area (TPSA) is 44.8 Å². The van der Waals surface area contributed by atoms with Crippen molar-refractivity contribution in [2.45, 2.75) is 50.9 Å². The van der Waals surface area contributed by atoms with Gasteiger partial charge in [-0.25, -0.2) is 4.79 Å². The minimum Gasteiger partial charge on any atom is -0.459 e. The molecular formula is C13H20O4. The maximum atomic E-state index is 11.2. The van der Waals surface area contributed by atoms with Crippen molar-refractivity contribution < 1.29 is 19.0 Å². The second-order valence-electron chi connectivity index (χ2n) is 4.90. The number of esters is 1. The summed E-state index contributed by atoms with van der Waals surface area (Å²) in [6.07, 6.45) is 5.34. The van der Waals surface area contributed by atoms with Crippen LogP contribution in [-0.2, 0) is 19.0 Å². The third kappa shape index (κ3) is 3.07. The van der Waals surface area contributed by atoms with E-state index in [4.69, 9.17) is 14.2 Å². The van der Waals surface area contributed by atoms with Gasteiger partial charge in [-0.05, 0) is 19.8 Å². The Morgan fingerprint density at radius 1 is 1.41 bits per heavy atom. The van der Waals surface area contributed by atoms with Crippen molar-refractivity contribution in [3.8, 4) is 0 Å². The molecule has 0 radical (unpaired) electrons. The van der Waals surface area contributed by atoms with Crippen LogP contribution >= 0.6 is 0 Å². The lowest BCUT2D eigenvalue weighted by Gasteiger charge is -2.31. The first kappa shape index (κ1) is 12.6. The lowest BCUT2D eigenvalue weighted by molar-refractivity contribution is -0.192. The number of carbonyl (C=O) groups excluding carboxylic acids is 1. The van der Waals surface area contributed by atoms with E-state index < -0.39 is 5.79 Å². The Morgan fingerprint density at radius 3 is 2.76 bits per heavy atom. The van der Waals surface area contributed by atoms with Crippen LogP contribution in [0.25, 0.3) is 0 Å². The fraction of sp³-hybridized carbons (Fsp3) is 0.769. The van der Waals surface area contributed by atoms with Crippen LogP contribution < -0.4 is 0 Å². The number of ether oxygens (including phenoxy) is 3. The molecule has 1 heterocycles. The van der Waals surface area contributed by atoms with Gasteiger partial charge in [-0.15, -0.1) is 0 Å². The van der Waals surface area contributed by atoms with E-state index >= 15 is 0 Å². The molecule has 17 heavy (non-hydrogen) atoms. The summed E-state index contributed by atoms with van der Waals surface area (Å²) < 4.78 is 16.7. The van der Waals surface area contributed by atoms with E-state index in [0.29, 0.717) is 12.2 Å². The van der Waals surface area contributed by atoms with Crippen LogP contribution in [0.3, 0.4) is 0 Å². The molecule has 2 rings (SSSR count). The summed E-state index contributed by atoms with van der Waals surface area (Å²) in [6.45, 7) is 5.95. The molecule has 1 saturated heterocycles. The predicted octanol–water partition coefficient (Wildman–Crippen LogP) is 2.18. The van der Waals surface area contributed by atoms with Gasteiger partial charge in [0.1, 0.15) is 12.7 Å². The summed E-state index contributed by atoms with van der Waals surface area (Å²) >= 11 is 0. The van der Waals surface area contributed by atoms with Gasteiger partial charge >= 0.3 is 5.97 Å². The zero-order chi connectivity index (χ0) is 12.3. The van der Waals surface area contributed by atoms with E-state index in [9.17, 15) is 4.79 Å². The molecule has 4 nitrogen and oxygen atoms in total. The lowest BCUT2D eigenvalue weighted by atomic mass is 9.94. The molecule has 0 aromatic heterocycles. The quantitative estimate of drug-likeness (QED) is 0.560. The van der Waals surface area contributed by atoms with Crippen molar-refractivity contribution in [2.75, 3.05) is 13.2 Å². The van der Waals surface area contributed by atoms with Gasteiger partial charge in [0.25, 0.3) is 0 Å². The Labute approximate surface area is 102 Å². The van der Waals surface area contributed by atoms with Gasteiger partial charge in [-0.1, -0.05) is 13.0 Å². The maximum Gasteiger partial charge on any atom is 0.333 e. The molecule has 2 fully saturated rings. The van der Waals surface area contributed by atoms with E-state index in [1.54, 1.807) is 6.92 Å². The highest BCUT2D eigenvalue weighted by molar-refractivity contribution is 5.86. The summed E-state index contributed by atoms with van der Waals surface area (Å²) in [5.41, 5.74) is 0.413. The average Bonchev–Trinajstić information content (AvgIpc) is 2.70. The molecular weight excluding hydrogens is 220 g/mol. The van der Waals surface area contributed by atoms with Gasteiger partial charge in [0.2, 0.25) is 0 Å². The second-order valence-corrected chi connectivity index (χ2v) is 4.90. The molecule has 0 aromatic rings. The second kappa shape index (κ2) is 5.19. The van der Waals surface area contributed by atoms with Crippen molar-refractivity contribution in [1.82, 2.24) is 0 Å². The first-order chi connectivity index (χ1) is 8.11. The average molecular weight is 240 g/mol. The molecule has 1 aliphatic carbocycles. The van der Waals surface area contributed by atoms with Crippen molar-refractivity contribution >= 4 is 5.97 Å². The van der Waals surface area contributed by atoms with Gasteiger partial charge in [-0.3, -0.25) is 0 Å². The number of hydrogen-bond donors (Lipinski definition) is 0. The minimum absolute atomic E-state index is 0.128. The molecule has 1 aliphatic heterocycles. The van der Waals surface area contributed by atoms with Gasteiger partial charge in [0.05, 0.1) is 6.61 Å². The largest absolute Gasteiger partial charge is 0.459 e. The van der Waals surface area contributed by atoms with Gasteiger partial charge in [0, 0.05) is 18.4 Å². The van der Waals surface area contributed by atoms with Crippen LogP contribution in [0.15, 0.2) is 12.2 Å². The summed E-state index contributed by atoms with van der Waals surface area (Å²) in [5, 5.41) is 0. The molecule has 4 heteroatoms. The van der Waals surface area contributed by atoms with Gasteiger partial charge in [-0.2, -0.15) is 0 Å². The Balaban J connectivity index is 1.77. The molecule has 2 aliphatic rings. The first-order valence-electron chi connectivity index (χ1n) is 6.26. The third-order valence-corrected chi connectivity index (χ3v) is 3.28. The number of carbonyl (C=O) groups is 1. The summed E-state index contributed by atoms with van der Waals surface area (Å²) in [7, 11) is 0. The molecule has 0 amide bonds. The highest BCUT2D eigenvalue weighted by Gasteiger charge is 2.42. The zero-order valence-electron chi connectivity index (χ0n) is 10.4. The van der Waals surface area contributed by atoms with E-state index in [-0.39, 0.29) is 18.7 Å². The Bertz CT molecular complexity index is 305. The highest BCUT2D eigenvalue weighted by atomic mass is 16.8. The minimum atomic E-state index is -0.390. The fourth-order valence-electron chi connectivity index (χ4n) is 2.34. The van der Waals surface area contributed by atoms with Gasteiger partial charge < -0.3 is 14.2 Å². The molecule has 1 spiro atoms. The molecule has 0 N–H and O–H groups in total. The van der Waals surface area contributed by atoms with Crippen LogP contribution in [0.5, 0.6) is 0 Å². The molecule has 0 bridgehead atoms. The molecule has 1 atom stereocenters. The normalized spacial score (nSPS) is 27.0. The molecule has 1 saturated carbocycles. The van der Waals surface area contributed by atoms with Crippen molar-refractivity contribution in [1.29, 1.82) is 0 Å². The Kier molecular flexibility index (Phi) is 3.84.